The first kappa shape index (κ1) is 10.4. The van der Waals surface area contributed by atoms with E-state index < -0.39 is 0 Å². The van der Waals surface area contributed by atoms with Crippen LogP contribution in [0.4, 0.5) is 4.39 Å². The van der Waals surface area contributed by atoms with Gasteiger partial charge in [-0.3, -0.25) is 4.79 Å². The molecular weight excluding hydrogens is 207 g/mol. The molecule has 0 unspecified atom stereocenters. The van der Waals surface area contributed by atoms with E-state index in [2.05, 4.69) is 9.97 Å². The molecule has 16 heavy (non-hydrogen) atoms. The van der Waals surface area contributed by atoms with Crippen LogP contribution in [0.15, 0.2) is 36.5 Å². The van der Waals surface area contributed by atoms with Crippen molar-refractivity contribution in [3.8, 4) is 0 Å². The molecule has 1 aromatic carbocycles. The SMILES string of the molecule is O=Cc1ccnc(Cc2cccc(F)c2)n1. The second kappa shape index (κ2) is 4.61. The highest BCUT2D eigenvalue weighted by atomic mass is 19.1. The van der Waals surface area contributed by atoms with Crippen molar-refractivity contribution in [3.05, 3.63) is 59.4 Å². The fraction of sp³-hybridized carbons (Fsp3) is 0.0833. The van der Waals surface area contributed by atoms with Crippen molar-refractivity contribution in [1.29, 1.82) is 0 Å². The molecule has 0 fully saturated rings. The highest BCUT2D eigenvalue weighted by molar-refractivity contribution is 5.71. The lowest BCUT2D eigenvalue weighted by Gasteiger charge is -2.00. The zero-order valence-electron chi connectivity index (χ0n) is 8.43. The summed E-state index contributed by atoms with van der Waals surface area (Å²) in [6.45, 7) is 0. The Kier molecular flexibility index (Phi) is 3.00. The lowest BCUT2D eigenvalue weighted by Crippen LogP contribution is -1.99. The predicted molar refractivity (Wildman–Crippen MR) is 56.6 cm³/mol. The fourth-order valence-corrected chi connectivity index (χ4v) is 1.40. The van der Waals surface area contributed by atoms with Gasteiger partial charge in [-0.1, -0.05) is 12.1 Å². The maximum absolute atomic E-state index is 12.9. The van der Waals surface area contributed by atoms with Gasteiger partial charge in [0.25, 0.3) is 0 Å². The van der Waals surface area contributed by atoms with Crippen molar-refractivity contribution >= 4 is 6.29 Å². The largest absolute Gasteiger partial charge is 0.296 e. The van der Waals surface area contributed by atoms with Gasteiger partial charge in [-0.2, -0.15) is 0 Å². The van der Waals surface area contributed by atoms with Gasteiger partial charge in [0, 0.05) is 12.6 Å². The first-order valence-corrected chi connectivity index (χ1v) is 4.79. The highest BCUT2D eigenvalue weighted by Gasteiger charge is 2.01. The number of aldehydes is 1. The maximum atomic E-state index is 12.9. The third kappa shape index (κ3) is 2.48. The van der Waals surface area contributed by atoms with E-state index in [0.717, 1.165) is 5.56 Å². The van der Waals surface area contributed by atoms with Crippen LogP contribution in [0.1, 0.15) is 21.9 Å². The number of hydrogen-bond donors (Lipinski definition) is 0. The van der Waals surface area contributed by atoms with Gasteiger partial charge in [-0.25, -0.2) is 14.4 Å². The molecule has 0 atom stereocenters. The third-order valence-electron chi connectivity index (χ3n) is 2.10. The van der Waals surface area contributed by atoms with Crippen LogP contribution in [-0.2, 0) is 6.42 Å². The summed E-state index contributed by atoms with van der Waals surface area (Å²) in [6.07, 6.45) is 2.60. The molecule has 1 aromatic heterocycles. The lowest BCUT2D eigenvalue weighted by atomic mass is 10.1. The van der Waals surface area contributed by atoms with E-state index in [-0.39, 0.29) is 5.82 Å². The van der Waals surface area contributed by atoms with Gasteiger partial charge < -0.3 is 0 Å². The lowest BCUT2D eigenvalue weighted by molar-refractivity contribution is 0.111. The summed E-state index contributed by atoms with van der Waals surface area (Å²) in [4.78, 5) is 18.5. The molecule has 0 N–H and O–H groups in total. The number of carbonyl (C=O) groups excluding carboxylic acids is 1. The summed E-state index contributed by atoms with van der Waals surface area (Å²) < 4.78 is 12.9. The minimum atomic E-state index is -0.288. The molecule has 0 bridgehead atoms. The number of carbonyl (C=O) groups is 1. The summed E-state index contributed by atoms with van der Waals surface area (Å²) in [6, 6.07) is 7.76. The molecule has 1 heterocycles. The molecule has 0 saturated carbocycles. The molecule has 0 saturated heterocycles. The number of halogens is 1. The Balaban J connectivity index is 2.23. The maximum Gasteiger partial charge on any atom is 0.168 e. The second-order valence-corrected chi connectivity index (χ2v) is 3.32. The number of hydrogen-bond acceptors (Lipinski definition) is 3. The molecule has 0 aliphatic heterocycles. The average Bonchev–Trinajstić information content (AvgIpc) is 2.29. The second-order valence-electron chi connectivity index (χ2n) is 3.32. The number of rotatable bonds is 3. The molecule has 4 heteroatoms. The van der Waals surface area contributed by atoms with E-state index in [1.54, 1.807) is 12.1 Å². The predicted octanol–water partition coefficient (Wildman–Crippen LogP) is 2.02. The van der Waals surface area contributed by atoms with E-state index >= 15 is 0 Å². The third-order valence-corrected chi connectivity index (χ3v) is 2.10. The zero-order valence-corrected chi connectivity index (χ0v) is 8.43. The van der Waals surface area contributed by atoms with Gasteiger partial charge in [0.2, 0.25) is 0 Å². The minimum absolute atomic E-state index is 0.288. The first-order valence-electron chi connectivity index (χ1n) is 4.79. The van der Waals surface area contributed by atoms with Gasteiger partial charge in [-0.15, -0.1) is 0 Å². The molecular formula is C12H9FN2O. The molecule has 0 aliphatic carbocycles. The van der Waals surface area contributed by atoms with Crippen LogP contribution in [0.3, 0.4) is 0 Å². The van der Waals surface area contributed by atoms with Crippen molar-refractivity contribution in [2.45, 2.75) is 6.42 Å². The Hall–Kier alpha value is -2.10. The van der Waals surface area contributed by atoms with Crippen LogP contribution in [0.25, 0.3) is 0 Å². The van der Waals surface area contributed by atoms with Gasteiger partial charge in [-0.05, 0) is 23.8 Å². The smallest absolute Gasteiger partial charge is 0.168 e. The van der Waals surface area contributed by atoms with Crippen molar-refractivity contribution in [1.82, 2.24) is 9.97 Å². The van der Waals surface area contributed by atoms with Crippen LogP contribution >= 0.6 is 0 Å². The van der Waals surface area contributed by atoms with E-state index in [1.807, 2.05) is 0 Å². The van der Waals surface area contributed by atoms with E-state index in [0.29, 0.717) is 24.2 Å². The van der Waals surface area contributed by atoms with Crippen molar-refractivity contribution in [2.24, 2.45) is 0 Å². The number of aromatic nitrogens is 2. The standard InChI is InChI=1S/C12H9FN2O/c13-10-3-1-2-9(6-10)7-12-14-5-4-11(8-16)15-12/h1-6,8H,7H2. The van der Waals surface area contributed by atoms with E-state index in [1.165, 1.54) is 24.4 Å². The quantitative estimate of drug-likeness (QED) is 0.737. The molecule has 0 radical (unpaired) electrons. The minimum Gasteiger partial charge on any atom is -0.296 e. The average molecular weight is 216 g/mol. The first-order chi connectivity index (χ1) is 7.78. The van der Waals surface area contributed by atoms with Crippen molar-refractivity contribution in [2.75, 3.05) is 0 Å². The van der Waals surface area contributed by atoms with Crippen LogP contribution in [-0.4, -0.2) is 16.3 Å². The Morgan fingerprint density at radius 1 is 1.31 bits per heavy atom. The zero-order chi connectivity index (χ0) is 11.4. The summed E-state index contributed by atoms with van der Waals surface area (Å²) in [5, 5.41) is 0. The van der Waals surface area contributed by atoms with Crippen molar-refractivity contribution in [3.63, 3.8) is 0 Å². The van der Waals surface area contributed by atoms with Crippen LogP contribution in [0.2, 0.25) is 0 Å². The molecule has 0 amide bonds. The Morgan fingerprint density at radius 3 is 2.94 bits per heavy atom. The summed E-state index contributed by atoms with van der Waals surface area (Å²) in [7, 11) is 0. The summed E-state index contributed by atoms with van der Waals surface area (Å²) >= 11 is 0. The Bertz CT molecular complexity index is 514. The van der Waals surface area contributed by atoms with Crippen molar-refractivity contribution < 1.29 is 9.18 Å². The van der Waals surface area contributed by atoms with Gasteiger partial charge in [0.1, 0.15) is 17.3 Å². The van der Waals surface area contributed by atoms with Crippen LogP contribution in [0.5, 0.6) is 0 Å². The van der Waals surface area contributed by atoms with Crippen LogP contribution < -0.4 is 0 Å². The van der Waals surface area contributed by atoms with Crippen LogP contribution in [0, 0.1) is 5.82 Å². The molecule has 2 rings (SSSR count). The van der Waals surface area contributed by atoms with Gasteiger partial charge >= 0.3 is 0 Å². The normalized spacial score (nSPS) is 10.1. The molecule has 0 spiro atoms. The number of nitrogens with zero attached hydrogens (tertiary/aromatic N) is 2. The molecule has 80 valence electrons. The molecule has 0 aliphatic rings. The summed E-state index contributed by atoms with van der Waals surface area (Å²) in [5.41, 5.74) is 1.12. The monoisotopic (exact) mass is 216 g/mol. The highest BCUT2D eigenvalue weighted by Crippen LogP contribution is 2.07. The fourth-order valence-electron chi connectivity index (χ4n) is 1.40. The Labute approximate surface area is 92.0 Å². The van der Waals surface area contributed by atoms with E-state index in [9.17, 15) is 9.18 Å². The molecule has 2 aromatic rings. The topological polar surface area (TPSA) is 42.9 Å². The van der Waals surface area contributed by atoms with Gasteiger partial charge in [0.05, 0.1) is 0 Å². The summed E-state index contributed by atoms with van der Waals surface area (Å²) in [5.74, 6) is 0.222. The van der Waals surface area contributed by atoms with E-state index in [4.69, 9.17) is 0 Å². The molecule has 3 nitrogen and oxygen atoms in total. The Morgan fingerprint density at radius 2 is 2.19 bits per heavy atom. The van der Waals surface area contributed by atoms with Gasteiger partial charge in [0.15, 0.2) is 6.29 Å². The number of benzene rings is 1.